The van der Waals surface area contributed by atoms with E-state index in [-0.39, 0.29) is 30.3 Å². The molecule has 0 aliphatic carbocycles. The Labute approximate surface area is 118 Å². The SMILES string of the molecule is Cc1cccc(C(=O)N2CCN(S(C)(=O)=O)CC2)c1O. The molecule has 0 radical (unpaired) electrons. The van der Waals surface area contributed by atoms with E-state index in [2.05, 4.69) is 0 Å². The molecule has 1 aromatic rings. The van der Waals surface area contributed by atoms with Gasteiger partial charge in [0.2, 0.25) is 10.0 Å². The van der Waals surface area contributed by atoms with Crippen molar-refractivity contribution in [2.45, 2.75) is 6.92 Å². The molecule has 1 aliphatic heterocycles. The summed E-state index contributed by atoms with van der Waals surface area (Å²) in [6.07, 6.45) is 1.16. The Balaban J connectivity index is 2.11. The van der Waals surface area contributed by atoms with Crippen molar-refractivity contribution in [2.75, 3.05) is 32.4 Å². The van der Waals surface area contributed by atoms with Crippen LogP contribution in [0.25, 0.3) is 0 Å². The molecule has 0 saturated carbocycles. The number of hydrogen-bond acceptors (Lipinski definition) is 4. The average Bonchev–Trinajstić information content (AvgIpc) is 2.40. The first-order valence-electron chi connectivity index (χ1n) is 6.33. The number of para-hydroxylation sites is 1. The van der Waals surface area contributed by atoms with Crippen LogP contribution >= 0.6 is 0 Å². The van der Waals surface area contributed by atoms with Gasteiger partial charge in [-0.3, -0.25) is 4.79 Å². The predicted molar refractivity (Wildman–Crippen MR) is 75.2 cm³/mol. The molecule has 20 heavy (non-hydrogen) atoms. The van der Waals surface area contributed by atoms with Gasteiger partial charge in [-0.1, -0.05) is 12.1 Å². The molecule has 1 fully saturated rings. The third kappa shape index (κ3) is 2.94. The first kappa shape index (κ1) is 14.8. The lowest BCUT2D eigenvalue weighted by Crippen LogP contribution is -2.50. The van der Waals surface area contributed by atoms with Gasteiger partial charge in [0.05, 0.1) is 11.8 Å². The minimum atomic E-state index is -3.21. The fraction of sp³-hybridized carbons (Fsp3) is 0.462. The van der Waals surface area contributed by atoms with Gasteiger partial charge in [0, 0.05) is 26.2 Å². The smallest absolute Gasteiger partial charge is 0.257 e. The van der Waals surface area contributed by atoms with Crippen molar-refractivity contribution in [2.24, 2.45) is 0 Å². The molecular weight excluding hydrogens is 280 g/mol. The van der Waals surface area contributed by atoms with Crippen LogP contribution in [0.3, 0.4) is 0 Å². The van der Waals surface area contributed by atoms with E-state index in [4.69, 9.17) is 0 Å². The highest BCUT2D eigenvalue weighted by atomic mass is 32.2. The zero-order valence-corrected chi connectivity index (χ0v) is 12.4. The van der Waals surface area contributed by atoms with Crippen LogP contribution in [0, 0.1) is 6.92 Å². The lowest BCUT2D eigenvalue weighted by atomic mass is 10.1. The maximum atomic E-state index is 12.3. The Morgan fingerprint density at radius 3 is 2.35 bits per heavy atom. The zero-order chi connectivity index (χ0) is 14.9. The second kappa shape index (κ2) is 5.41. The zero-order valence-electron chi connectivity index (χ0n) is 11.5. The lowest BCUT2D eigenvalue weighted by Gasteiger charge is -2.33. The van der Waals surface area contributed by atoms with Gasteiger partial charge >= 0.3 is 0 Å². The fourth-order valence-corrected chi connectivity index (χ4v) is 3.05. The summed E-state index contributed by atoms with van der Waals surface area (Å²) in [7, 11) is -3.21. The number of aromatic hydroxyl groups is 1. The Morgan fingerprint density at radius 2 is 1.80 bits per heavy atom. The molecule has 0 bridgehead atoms. The molecule has 1 aromatic carbocycles. The number of carbonyl (C=O) groups excluding carboxylic acids is 1. The molecule has 110 valence electrons. The number of nitrogens with zero attached hydrogens (tertiary/aromatic N) is 2. The van der Waals surface area contributed by atoms with Crippen LogP contribution in [-0.4, -0.2) is 61.1 Å². The highest BCUT2D eigenvalue weighted by molar-refractivity contribution is 7.88. The van der Waals surface area contributed by atoms with E-state index >= 15 is 0 Å². The molecule has 1 aliphatic rings. The number of carbonyl (C=O) groups is 1. The maximum Gasteiger partial charge on any atom is 0.257 e. The first-order chi connectivity index (χ1) is 9.30. The van der Waals surface area contributed by atoms with Crippen molar-refractivity contribution >= 4 is 15.9 Å². The van der Waals surface area contributed by atoms with Gasteiger partial charge in [-0.05, 0) is 18.6 Å². The summed E-state index contributed by atoms with van der Waals surface area (Å²) < 4.78 is 24.2. The number of rotatable bonds is 2. The highest BCUT2D eigenvalue weighted by Gasteiger charge is 2.27. The highest BCUT2D eigenvalue weighted by Crippen LogP contribution is 2.23. The second-order valence-corrected chi connectivity index (χ2v) is 6.91. The van der Waals surface area contributed by atoms with E-state index in [9.17, 15) is 18.3 Å². The van der Waals surface area contributed by atoms with Crippen molar-refractivity contribution < 1.29 is 18.3 Å². The van der Waals surface area contributed by atoms with Crippen LogP contribution < -0.4 is 0 Å². The maximum absolute atomic E-state index is 12.3. The van der Waals surface area contributed by atoms with Gasteiger partial charge < -0.3 is 10.0 Å². The van der Waals surface area contributed by atoms with Crippen molar-refractivity contribution in [3.05, 3.63) is 29.3 Å². The van der Waals surface area contributed by atoms with Crippen LogP contribution in [0.15, 0.2) is 18.2 Å². The monoisotopic (exact) mass is 298 g/mol. The molecule has 0 atom stereocenters. The summed E-state index contributed by atoms with van der Waals surface area (Å²) in [5, 5.41) is 9.93. The number of piperazine rings is 1. The average molecular weight is 298 g/mol. The number of phenols is 1. The summed E-state index contributed by atoms with van der Waals surface area (Å²) >= 11 is 0. The Morgan fingerprint density at radius 1 is 1.20 bits per heavy atom. The quantitative estimate of drug-likeness (QED) is 0.858. The molecular formula is C13H18N2O4S. The van der Waals surface area contributed by atoms with Crippen LogP contribution in [-0.2, 0) is 10.0 Å². The van der Waals surface area contributed by atoms with E-state index in [0.29, 0.717) is 18.7 Å². The summed E-state index contributed by atoms with van der Waals surface area (Å²) in [6.45, 7) is 2.97. The van der Waals surface area contributed by atoms with Gasteiger partial charge in [0.25, 0.3) is 5.91 Å². The number of aryl methyl sites for hydroxylation is 1. The summed E-state index contributed by atoms with van der Waals surface area (Å²) in [6, 6.07) is 5.02. The number of benzene rings is 1. The third-order valence-corrected chi connectivity index (χ3v) is 4.77. The molecule has 0 spiro atoms. The number of sulfonamides is 1. The minimum absolute atomic E-state index is 0.0111. The molecule has 1 N–H and O–H groups in total. The van der Waals surface area contributed by atoms with Crippen molar-refractivity contribution in [3.8, 4) is 5.75 Å². The van der Waals surface area contributed by atoms with Crippen LogP contribution in [0.4, 0.5) is 0 Å². The van der Waals surface area contributed by atoms with Crippen molar-refractivity contribution in [1.29, 1.82) is 0 Å². The third-order valence-electron chi connectivity index (χ3n) is 3.46. The molecule has 7 heteroatoms. The number of amides is 1. The Bertz CT molecular complexity index is 619. The van der Waals surface area contributed by atoms with E-state index < -0.39 is 10.0 Å². The Kier molecular flexibility index (Phi) is 4.01. The van der Waals surface area contributed by atoms with Crippen LogP contribution in [0.1, 0.15) is 15.9 Å². The van der Waals surface area contributed by atoms with E-state index in [1.807, 2.05) is 0 Å². The lowest BCUT2D eigenvalue weighted by molar-refractivity contribution is 0.0695. The second-order valence-electron chi connectivity index (χ2n) is 4.93. The van der Waals surface area contributed by atoms with E-state index in [0.717, 1.165) is 6.26 Å². The molecule has 1 heterocycles. The molecule has 0 aromatic heterocycles. The van der Waals surface area contributed by atoms with Gasteiger partial charge in [0.1, 0.15) is 5.75 Å². The number of phenolic OH excluding ortho intramolecular Hbond substituents is 1. The fourth-order valence-electron chi connectivity index (χ4n) is 2.22. The minimum Gasteiger partial charge on any atom is -0.507 e. The Hall–Kier alpha value is -1.60. The van der Waals surface area contributed by atoms with Gasteiger partial charge in [-0.25, -0.2) is 8.42 Å². The van der Waals surface area contributed by atoms with Crippen LogP contribution in [0.5, 0.6) is 5.75 Å². The van der Waals surface area contributed by atoms with Crippen molar-refractivity contribution in [3.63, 3.8) is 0 Å². The molecule has 1 amide bonds. The summed E-state index contributed by atoms with van der Waals surface area (Å²) in [5.74, 6) is -0.276. The van der Waals surface area contributed by atoms with Crippen LogP contribution in [0.2, 0.25) is 0 Å². The predicted octanol–water partition coefficient (Wildman–Crippen LogP) is 0.418. The molecule has 2 rings (SSSR count). The summed E-state index contributed by atoms with van der Waals surface area (Å²) in [4.78, 5) is 13.9. The topological polar surface area (TPSA) is 77.9 Å². The molecule has 0 unspecified atom stereocenters. The normalized spacial score (nSPS) is 17.2. The van der Waals surface area contributed by atoms with Gasteiger partial charge in [-0.2, -0.15) is 4.31 Å². The first-order valence-corrected chi connectivity index (χ1v) is 8.18. The van der Waals surface area contributed by atoms with Gasteiger partial charge in [0.15, 0.2) is 0 Å². The number of hydrogen-bond donors (Lipinski definition) is 1. The summed E-state index contributed by atoms with van der Waals surface area (Å²) in [5.41, 5.74) is 0.906. The molecule has 1 saturated heterocycles. The van der Waals surface area contributed by atoms with E-state index in [1.165, 1.54) is 4.31 Å². The van der Waals surface area contributed by atoms with E-state index in [1.54, 1.807) is 30.0 Å². The van der Waals surface area contributed by atoms with Gasteiger partial charge in [-0.15, -0.1) is 0 Å². The standard InChI is InChI=1S/C13H18N2O4S/c1-10-4-3-5-11(12(10)16)13(17)14-6-8-15(9-7-14)20(2,18)19/h3-5,16H,6-9H2,1-2H3. The largest absolute Gasteiger partial charge is 0.507 e. The molecule has 6 nitrogen and oxygen atoms in total. The van der Waals surface area contributed by atoms with Crippen molar-refractivity contribution in [1.82, 2.24) is 9.21 Å².